The van der Waals surface area contributed by atoms with Crippen molar-refractivity contribution < 1.29 is 9.90 Å². The first-order valence-corrected chi connectivity index (χ1v) is 10.3. The largest absolute Gasteiger partial charge is 0.478 e. The van der Waals surface area contributed by atoms with E-state index in [1.165, 1.54) is 12.0 Å². The number of carboxylic acids is 1. The Hall–Kier alpha value is -2.17. The lowest BCUT2D eigenvalue weighted by molar-refractivity contribution is 0.0696. The maximum absolute atomic E-state index is 11.3. The summed E-state index contributed by atoms with van der Waals surface area (Å²) in [5.74, 6) is -0.207. The number of piperidine rings is 1. The van der Waals surface area contributed by atoms with E-state index in [1.54, 1.807) is 6.07 Å². The Morgan fingerprint density at radius 1 is 1.14 bits per heavy atom. The average Bonchev–Trinajstić information content (AvgIpc) is 3.49. The zero-order valence-electron chi connectivity index (χ0n) is 16.6. The van der Waals surface area contributed by atoms with E-state index in [9.17, 15) is 9.90 Å². The lowest BCUT2D eigenvalue weighted by Gasteiger charge is -2.41. The Kier molecular flexibility index (Phi) is 5.51. The molecule has 1 aliphatic carbocycles. The second-order valence-electron chi connectivity index (χ2n) is 8.73. The Morgan fingerprint density at radius 3 is 2.61 bits per heavy atom. The molecule has 0 radical (unpaired) electrons. The highest BCUT2D eigenvalue weighted by Gasteiger charge is 2.41. The Labute approximate surface area is 167 Å². The van der Waals surface area contributed by atoms with Crippen LogP contribution in [0.5, 0.6) is 0 Å². The zero-order chi connectivity index (χ0) is 19.6. The number of rotatable bonds is 7. The molecule has 0 amide bonds. The number of carboxylic acid groups (broad SMARTS) is 1. The molecule has 0 aromatic heterocycles. The maximum atomic E-state index is 11.3. The van der Waals surface area contributed by atoms with Gasteiger partial charge in [-0.1, -0.05) is 42.5 Å². The van der Waals surface area contributed by atoms with Crippen molar-refractivity contribution in [3.8, 4) is 0 Å². The predicted octanol–water partition coefficient (Wildman–Crippen LogP) is 3.79. The minimum absolute atomic E-state index is 0.202. The normalized spacial score (nSPS) is 24.0. The monoisotopic (exact) mass is 378 g/mol. The summed E-state index contributed by atoms with van der Waals surface area (Å²) in [6.07, 6.45) is 4.46. The number of aromatic carboxylic acids is 1. The number of hydrogen-bond donors (Lipinski definition) is 2. The van der Waals surface area contributed by atoms with Crippen molar-refractivity contribution in [2.45, 2.75) is 37.6 Å². The molecule has 4 nitrogen and oxygen atoms in total. The molecule has 0 spiro atoms. The van der Waals surface area contributed by atoms with Crippen molar-refractivity contribution in [2.75, 3.05) is 26.7 Å². The lowest BCUT2D eigenvalue weighted by Crippen LogP contribution is -2.45. The van der Waals surface area contributed by atoms with Gasteiger partial charge < -0.3 is 15.3 Å². The van der Waals surface area contributed by atoms with Crippen molar-refractivity contribution in [3.63, 3.8) is 0 Å². The van der Waals surface area contributed by atoms with Gasteiger partial charge in [-0.3, -0.25) is 0 Å². The minimum atomic E-state index is -0.846. The molecule has 0 bridgehead atoms. The van der Waals surface area contributed by atoms with Gasteiger partial charge in [0.05, 0.1) is 5.56 Å². The quantitative estimate of drug-likeness (QED) is 0.770. The van der Waals surface area contributed by atoms with Gasteiger partial charge in [0.2, 0.25) is 0 Å². The average molecular weight is 379 g/mol. The third-order valence-electron chi connectivity index (χ3n) is 6.56. The molecule has 4 heteroatoms. The van der Waals surface area contributed by atoms with Gasteiger partial charge in [-0.25, -0.2) is 4.79 Å². The first-order chi connectivity index (χ1) is 13.5. The lowest BCUT2D eigenvalue weighted by atomic mass is 9.73. The second-order valence-corrected chi connectivity index (χ2v) is 8.73. The fourth-order valence-corrected chi connectivity index (χ4v) is 4.59. The van der Waals surface area contributed by atoms with Crippen LogP contribution in [0, 0.1) is 5.41 Å². The molecule has 2 unspecified atom stereocenters. The molecule has 148 valence electrons. The fraction of sp³-hybridized carbons (Fsp3) is 0.458. The van der Waals surface area contributed by atoms with Crippen LogP contribution in [0.4, 0.5) is 0 Å². The third kappa shape index (κ3) is 4.45. The minimum Gasteiger partial charge on any atom is -0.478 e. The van der Waals surface area contributed by atoms with Gasteiger partial charge >= 0.3 is 5.97 Å². The fourth-order valence-electron chi connectivity index (χ4n) is 4.59. The van der Waals surface area contributed by atoms with Gasteiger partial charge in [0.25, 0.3) is 0 Å². The van der Waals surface area contributed by atoms with Crippen LogP contribution in [0.2, 0.25) is 0 Å². The van der Waals surface area contributed by atoms with Crippen LogP contribution >= 0.6 is 0 Å². The summed E-state index contributed by atoms with van der Waals surface area (Å²) in [5, 5.41) is 13.2. The SMILES string of the molecule is CN1CCC(CNC2CC2c2ccccc2)(Cc2cccc(C(=O)O)c2)CC1. The summed E-state index contributed by atoms with van der Waals surface area (Å²) in [6, 6.07) is 18.8. The molecular weight excluding hydrogens is 348 g/mol. The molecule has 1 saturated carbocycles. The van der Waals surface area contributed by atoms with Gasteiger partial charge in [-0.15, -0.1) is 0 Å². The summed E-state index contributed by atoms with van der Waals surface area (Å²) in [5.41, 5.74) is 3.17. The molecule has 2 fully saturated rings. The van der Waals surface area contributed by atoms with E-state index in [0.717, 1.165) is 44.5 Å². The van der Waals surface area contributed by atoms with Crippen LogP contribution in [-0.4, -0.2) is 48.7 Å². The molecule has 1 aliphatic heterocycles. The number of nitrogens with one attached hydrogen (secondary N) is 1. The molecule has 2 aromatic carbocycles. The van der Waals surface area contributed by atoms with Crippen LogP contribution in [0.1, 0.15) is 46.7 Å². The van der Waals surface area contributed by atoms with Gasteiger partial charge in [0.1, 0.15) is 0 Å². The number of carbonyl (C=O) groups is 1. The van der Waals surface area contributed by atoms with Crippen molar-refractivity contribution >= 4 is 5.97 Å². The summed E-state index contributed by atoms with van der Waals surface area (Å²) >= 11 is 0. The van der Waals surface area contributed by atoms with E-state index < -0.39 is 5.97 Å². The second kappa shape index (κ2) is 8.06. The van der Waals surface area contributed by atoms with E-state index in [1.807, 2.05) is 12.1 Å². The number of nitrogens with zero attached hydrogens (tertiary/aromatic N) is 1. The van der Waals surface area contributed by atoms with Crippen LogP contribution in [0.3, 0.4) is 0 Å². The highest BCUT2D eigenvalue weighted by atomic mass is 16.4. The first kappa shape index (κ1) is 19.2. The van der Waals surface area contributed by atoms with E-state index in [4.69, 9.17) is 0 Å². The zero-order valence-corrected chi connectivity index (χ0v) is 16.6. The molecule has 28 heavy (non-hydrogen) atoms. The predicted molar refractivity (Wildman–Crippen MR) is 112 cm³/mol. The van der Waals surface area contributed by atoms with Gasteiger partial charge in [-0.2, -0.15) is 0 Å². The van der Waals surface area contributed by atoms with E-state index in [2.05, 4.69) is 53.7 Å². The Bertz CT molecular complexity index is 812. The number of benzene rings is 2. The van der Waals surface area contributed by atoms with Crippen LogP contribution < -0.4 is 5.32 Å². The van der Waals surface area contributed by atoms with Crippen LogP contribution in [0.15, 0.2) is 54.6 Å². The molecule has 4 rings (SSSR count). The standard InChI is InChI=1S/C24H30N2O2/c1-26-12-10-24(11-13-26,16-18-6-5-9-20(14-18)23(27)28)17-25-22-15-21(22)19-7-3-2-4-8-19/h2-9,14,21-22,25H,10-13,15-17H2,1H3,(H,27,28). The molecule has 1 heterocycles. The molecular formula is C24H30N2O2. The van der Waals surface area contributed by atoms with Crippen molar-refractivity contribution in [2.24, 2.45) is 5.41 Å². The Balaban J connectivity index is 1.43. The molecule has 1 saturated heterocycles. The van der Waals surface area contributed by atoms with Crippen molar-refractivity contribution in [1.82, 2.24) is 10.2 Å². The number of hydrogen-bond acceptors (Lipinski definition) is 3. The summed E-state index contributed by atoms with van der Waals surface area (Å²) in [6.45, 7) is 3.21. The van der Waals surface area contributed by atoms with Crippen LogP contribution in [-0.2, 0) is 6.42 Å². The first-order valence-electron chi connectivity index (χ1n) is 10.3. The van der Waals surface area contributed by atoms with Gasteiger partial charge in [0, 0.05) is 18.5 Å². The highest BCUT2D eigenvalue weighted by molar-refractivity contribution is 5.87. The van der Waals surface area contributed by atoms with E-state index >= 15 is 0 Å². The topological polar surface area (TPSA) is 52.6 Å². The third-order valence-corrected chi connectivity index (χ3v) is 6.56. The number of likely N-dealkylation sites (tertiary alicyclic amines) is 1. The highest BCUT2D eigenvalue weighted by Crippen LogP contribution is 2.42. The summed E-state index contributed by atoms with van der Waals surface area (Å²) in [7, 11) is 2.19. The van der Waals surface area contributed by atoms with Crippen molar-refractivity contribution in [3.05, 3.63) is 71.3 Å². The maximum Gasteiger partial charge on any atom is 0.335 e. The smallest absolute Gasteiger partial charge is 0.335 e. The van der Waals surface area contributed by atoms with Gasteiger partial charge in [-0.05, 0) is 74.5 Å². The van der Waals surface area contributed by atoms with Crippen molar-refractivity contribution in [1.29, 1.82) is 0 Å². The molecule has 2 aliphatic rings. The molecule has 2 N–H and O–H groups in total. The van der Waals surface area contributed by atoms with Gasteiger partial charge in [0.15, 0.2) is 0 Å². The Morgan fingerprint density at radius 2 is 1.89 bits per heavy atom. The molecule has 2 atom stereocenters. The summed E-state index contributed by atoms with van der Waals surface area (Å²) in [4.78, 5) is 13.7. The molecule has 2 aromatic rings. The van der Waals surface area contributed by atoms with Crippen LogP contribution in [0.25, 0.3) is 0 Å². The van der Waals surface area contributed by atoms with E-state index in [-0.39, 0.29) is 5.41 Å². The summed E-state index contributed by atoms with van der Waals surface area (Å²) < 4.78 is 0. The van der Waals surface area contributed by atoms with E-state index in [0.29, 0.717) is 17.5 Å².